The third-order valence-electron chi connectivity index (χ3n) is 3.01. The normalized spacial score (nSPS) is 11.6. The van der Waals surface area contributed by atoms with Crippen LogP contribution in [-0.4, -0.2) is 37.9 Å². The van der Waals surface area contributed by atoms with Gasteiger partial charge >= 0.3 is 0 Å². The summed E-state index contributed by atoms with van der Waals surface area (Å²) in [5.41, 5.74) is 2.93. The van der Waals surface area contributed by atoms with Crippen LogP contribution in [0.4, 0.5) is 10.1 Å². The molecule has 0 saturated carbocycles. The molecular formula is C14H14BrFN4O3S. The second-order valence-electron chi connectivity index (χ2n) is 4.77. The number of aliphatic hydroxyl groups is 1. The summed E-state index contributed by atoms with van der Waals surface area (Å²) in [5, 5.41) is 25.7. The van der Waals surface area contributed by atoms with E-state index in [1.807, 2.05) is 5.48 Å². The largest absolute Gasteiger partial charge is 0.396 e. The Kier molecular flexibility index (Phi) is 6.91. The first-order chi connectivity index (χ1) is 11.5. The topological polar surface area (TPSA) is 104 Å². The first-order valence-electron chi connectivity index (χ1n) is 6.93. The van der Waals surface area contributed by atoms with E-state index in [1.165, 1.54) is 18.2 Å². The maximum atomic E-state index is 13.3. The first-order valence-corrected chi connectivity index (χ1v) is 8.13. The average Bonchev–Trinajstić information content (AvgIpc) is 3.01. The van der Waals surface area contributed by atoms with E-state index in [0.29, 0.717) is 35.5 Å². The van der Waals surface area contributed by atoms with Crippen LogP contribution < -0.4 is 5.48 Å². The van der Waals surface area contributed by atoms with Gasteiger partial charge in [0.25, 0.3) is 0 Å². The van der Waals surface area contributed by atoms with Gasteiger partial charge in [0.15, 0.2) is 11.5 Å². The molecule has 10 heteroatoms. The van der Waals surface area contributed by atoms with Gasteiger partial charge in [-0.3, -0.25) is 10.7 Å². The highest BCUT2D eigenvalue weighted by Gasteiger charge is 2.18. The van der Waals surface area contributed by atoms with E-state index in [-0.39, 0.29) is 22.6 Å². The standard InChI is InChI=1S/C14H14BrFN4O3S/c15-10-6-8(3-4-11(10)16)17-14(18-22)13-12(19-23-20-13)7-9(24)2-1-5-21/h3-4,6,21-22H,1-2,5,7H2,(H,17,18). The van der Waals surface area contributed by atoms with Crippen molar-refractivity contribution in [2.45, 2.75) is 19.3 Å². The van der Waals surface area contributed by atoms with E-state index in [9.17, 15) is 9.60 Å². The van der Waals surface area contributed by atoms with Crippen LogP contribution in [0.25, 0.3) is 0 Å². The summed E-state index contributed by atoms with van der Waals surface area (Å²) in [7, 11) is 0. The molecule has 2 rings (SSSR count). The summed E-state index contributed by atoms with van der Waals surface area (Å²) in [6.45, 7) is 0.0500. The molecule has 0 radical (unpaired) electrons. The Morgan fingerprint density at radius 1 is 1.42 bits per heavy atom. The van der Waals surface area contributed by atoms with Crippen molar-refractivity contribution in [3.05, 3.63) is 39.9 Å². The second kappa shape index (κ2) is 8.92. The molecule has 24 heavy (non-hydrogen) atoms. The maximum Gasteiger partial charge on any atom is 0.182 e. The summed E-state index contributed by atoms with van der Waals surface area (Å²) in [5.74, 6) is -0.430. The Morgan fingerprint density at radius 3 is 2.88 bits per heavy atom. The van der Waals surface area contributed by atoms with Gasteiger partial charge in [0.05, 0.1) is 10.2 Å². The molecule has 0 aliphatic heterocycles. The molecule has 2 aromatic rings. The molecule has 0 fully saturated rings. The van der Waals surface area contributed by atoms with Gasteiger partial charge in [0.2, 0.25) is 0 Å². The molecule has 3 N–H and O–H groups in total. The number of nitrogens with zero attached hydrogens (tertiary/aromatic N) is 3. The Balaban J connectivity index is 2.24. The zero-order valence-corrected chi connectivity index (χ0v) is 14.8. The molecule has 0 amide bonds. The van der Waals surface area contributed by atoms with Gasteiger partial charge in [0.1, 0.15) is 11.5 Å². The SMILES string of the molecule is OCCCC(=S)Cc1nonc1C(=Nc1ccc(F)c(Br)c1)NO. The lowest BCUT2D eigenvalue weighted by Crippen LogP contribution is -2.22. The lowest BCUT2D eigenvalue weighted by Gasteiger charge is -2.04. The highest BCUT2D eigenvalue weighted by atomic mass is 79.9. The fourth-order valence-corrected chi connectivity index (χ4v) is 2.52. The third kappa shape index (κ3) is 4.87. The number of aliphatic hydroxyl groups excluding tert-OH is 1. The molecule has 1 heterocycles. The van der Waals surface area contributed by atoms with Crippen LogP contribution in [0.5, 0.6) is 0 Å². The summed E-state index contributed by atoms with van der Waals surface area (Å²) < 4.78 is 18.2. The Hall–Kier alpha value is -1.75. The molecule has 1 aromatic carbocycles. The molecule has 0 aliphatic rings. The molecule has 0 unspecified atom stereocenters. The number of aliphatic imine (C=N–C) groups is 1. The lowest BCUT2D eigenvalue weighted by atomic mass is 10.1. The molecule has 0 atom stereocenters. The van der Waals surface area contributed by atoms with Crippen molar-refractivity contribution in [3.63, 3.8) is 0 Å². The predicted molar refractivity (Wildman–Crippen MR) is 92.1 cm³/mol. The fourth-order valence-electron chi connectivity index (χ4n) is 1.87. The van der Waals surface area contributed by atoms with Crippen LogP contribution >= 0.6 is 28.1 Å². The van der Waals surface area contributed by atoms with E-state index in [2.05, 4.69) is 31.2 Å². The van der Waals surface area contributed by atoms with Crippen molar-refractivity contribution in [2.24, 2.45) is 4.99 Å². The van der Waals surface area contributed by atoms with Gasteiger partial charge < -0.3 is 5.11 Å². The number of hydroxylamine groups is 1. The molecule has 1 aromatic heterocycles. The van der Waals surface area contributed by atoms with Crippen LogP contribution in [0.1, 0.15) is 24.2 Å². The van der Waals surface area contributed by atoms with Crippen molar-refractivity contribution in [1.29, 1.82) is 0 Å². The molecule has 7 nitrogen and oxygen atoms in total. The minimum Gasteiger partial charge on any atom is -0.396 e. The number of hydrogen-bond acceptors (Lipinski definition) is 7. The molecule has 0 saturated heterocycles. The van der Waals surface area contributed by atoms with Crippen molar-refractivity contribution in [1.82, 2.24) is 15.8 Å². The molecule has 0 spiro atoms. The average molecular weight is 417 g/mol. The Bertz CT molecular complexity index is 753. The maximum absolute atomic E-state index is 13.3. The summed E-state index contributed by atoms with van der Waals surface area (Å²) in [6, 6.07) is 4.13. The number of hydrogen-bond donors (Lipinski definition) is 3. The molecule has 0 aliphatic carbocycles. The highest BCUT2D eigenvalue weighted by molar-refractivity contribution is 9.10. The lowest BCUT2D eigenvalue weighted by molar-refractivity contribution is 0.234. The second-order valence-corrected chi connectivity index (χ2v) is 6.20. The summed E-state index contributed by atoms with van der Waals surface area (Å²) in [4.78, 5) is 4.83. The zero-order valence-electron chi connectivity index (χ0n) is 12.4. The van der Waals surface area contributed by atoms with Crippen molar-refractivity contribution < 1.29 is 19.3 Å². The van der Waals surface area contributed by atoms with Gasteiger partial charge in [-0.15, -0.1) is 0 Å². The Morgan fingerprint density at radius 2 is 2.21 bits per heavy atom. The number of amidine groups is 1. The number of rotatable bonds is 7. The minimum absolute atomic E-state index is 0.00489. The van der Waals surface area contributed by atoms with E-state index < -0.39 is 5.82 Å². The summed E-state index contributed by atoms with van der Waals surface area (Å²) >= 11 is 8.29. The summed E-state index contributed by atoms with van der Waals surface area (Å²) in [6.07, 6.45) is 1.41. The highest BCUT2D eigenvalue weighted by Crippen LogP contribution is 2.23. The van der Waals surface area contributed by atoms with Crippen LogP contribution in [0.15, 0.2) is 32.3 Å². The van der Waals surface area contributed by atoms with E-state index in [4.69, 9.17) is 22.0 Å². The van der Waals surface area contributed by atoms with Crippen molar-refractivity contribution >= 4 is 44.5 Å². The van der Waals surface area contributed by atoms with Gasteiger partial charge in [-0.1, -0.05) is 17.4 Å². The quantitative estimate of drug-likeness (QED) is 0.276. The van der Waals surface area contributed by atoms with E-state index in [1.54, 1.807) is 0 Å². The van der Waals surface area contributed by atoms with Gasteiger partial charge in [-0.05, 0) is 57.0 Å². The monoisotopic (exact) mass is 416 g/mol. The smallest absolute Gasteiger partial charge is 0.182 e. The van der Waals surface area contributed by atoms with Gasteiger partial charge in [0, 0.05) is 13.0 Å². The fraction of sp³-hybridized carbons (Fsp3) is 0.286. The van der Waals surface area contributed by atoms with E-state index in [0.717, 1.165) is 0 Å². The van der Waals surface area contributed by atoms with Crippen molar-refractivity contribution in [2.75, 3.05) is 6.61 Å². The van der Waals surface area contributed by atoms with Crippen LogP contribution in [0, 0.1) is 5.82 Å². The van der Waals surface area contributed by atoms with Gasteiger partial charge in [-0.2, -0.15) is 0 Å². The van der Waals surface area contributed by atoms with Crippen molar-refractivity contribution in [3.8, 4) is 0 Å². The van der Waals surface area contributed by atoms with Crippen LogP contribution in [0.2, 0.25) is 0 Å². The number of benzene rings is 1. The number of nitrogens with one attached hydrogen (secondary N) is 1. The minimum atomic E-state index is -0.425. The molecular weight excluding hydrogens is 403 g/mol. The number of halogens is 2. The molecule has 128 valence electrons. The Labute approximate surface area is 150 Å². The first kappa shape index (κ1) is 18.6. The zero-order chi connectivity index (χ0) is 17.5. The molecule has 0 bridgehead atoms. The van der Waals surface area contributed by atoms with Crippen LogP contribution in [-0.2, 0) is 6.42 Å². The predicted octanol–water partition coefficient (Wildman–Crippen LogP) is 2.71. The van der Waals surface area contributed by atoms with E-state index >= 15 is 0 Å². The number of thiocarbonyl (C=S) groups is 1. The van der Waals surface area contributed by atoms with Gasteiger partial charge in [-0.25, -0.2) is 14.0 Å². The number of aromatic nitrogens is 2. The third-order valence-corrected chi connectivity index (χ3v) is 3.97. The van der Waals surface area contributed by atoms with Crippen LogP contribution in [0.3, 0.4) is 0 Å².